The second-order valence-electron chi connectivity index (χ2n) is 6.56. The molecule has 1 unspecified atom stereocenters. The van der Waals surface area contributed by atoms with Gasteiger partial charge in [-0.2, -0.15) is 0 Å². The number of hydrogen-bond donors (Lipinski definition) is 2. The van der Waals surface area contributed by atoms with Gasteiger partial charge in [0.05, 0.1) is 11.3 Å². The van der Waals surface area contributed by atoms with Gasteiger partial charge < -0.3 is 20.1 Å². The van der Waals surface area contributed by atoms with Gasteiger partial charge in [0.2, 0.25) is 0 Å². The molecule has 0 bridgehead atoms. The maximum absolute atomic E-state index is 13.8. The van der Waals surface area contributed by atoms with Gasteiger partial charge in [-0.1, -0.05) is 0 Å². The predicted molar refractivity (Wildman–Crippen MR) is 83.2 cm³/mol. The van der Waals surface area contributed by atoms with Gasteiger partial charge in [0, 0.05) is 19.1 Å². The normalized spacial score (nSPS) is 17.9. The fraction of sp³-hybridized carbons (Fsp3) is 0.500. The highest BCUT2D eigenvalue weighted by Crippen LogP contribution is 2.22. The second kappa shape index (κ2) is 6.44. The lowest BCUT2D eigenvalue weighted by atomic mass is 10.1. The molecule has 1 fully saturated rings. The van der Waals surface area contributed by atoms with E-state index in [1.54, 1.807) is 25.7 Å². The minimum absolute atomic E-state index is 0.0101. The van der Waals surface area contributed by atoms with Crippen LogP contribution in [0, 0.1) is 5.82 Å². The maximum Gasteiger partial charge on any atom is 0.410 e. The van der Waals surface area contributed by atoms with Gasteiger partial charge in [-0.3, -0.25) is 0 Å². The van der Waals surface area contributed by atoms with E-state index in [2.05, 4.69) is 5.32 Å². The largest absolute Gasteiger partial charge is 0.478 e. The molecule has 7 heteroatoms. The van der Waals surface area contributed by atoms with E-state index in [0.29, 0.717) is 19.5 Å². The van der Waals surface area contributed by atoms with Crippen molar-refractivity contribution in [2.24, 2.45) is 0 Å². The fourth-order valence-electron chi connectivity index (χ4n) is 2.36. The summed E-state index contributed by atoms with van der Waals surface area (Å²) >= 11 is 0. The van der Waals surface area contributed by atoms with Crippen molar-refractivity contribution in [2.45, 2.75) is 38.8 Å². The minimum atomic E-state index is -1.12. The molecule has 0 spiro atoms. The Balaban J connectivity index is 1.99. The molecule has 23 heavy (non-hydrogen) atoms. The van der Waals surface area contributed by atoms with Crippen LogP contribution in [0.1, 0.15) is 37.6 Å². The van der Waals surface area contributed by atoms with E-state index in [-0.39, 0.29) is 17.3 Å². The van der Waals surface area contributed by atoms with E-state index >= 15 is 0 Å². The molecule has 1 atom stereocenters. The van der Waals surface area contributed by atoms with Crippen molar-refractivity contribution in [2.75, 3.05) is 18.4 Å². The van der Waals surface area contributed by atoms with Crippen LogP contribution in [0.3, 0.4) is 0 Å². The van der Waals surface area contributed by atoms with Crippen LogP contribution in [0.5, 0.6) is 0 Å². The van der Waals surface area contributed by atoms with Gasteiger partial charge in [-0.25, -0.2) is 14.0 Å². The first-order valence-electron chi connectivity index (χ1n) is 7.43. The molecule has 6 nitrogen and oxygen atoms in total. The molecule has 1 heterocycles. The lowest BCUT2D eigenvalue weighted by Crippen LogP contribution is -2.36. The number of aromatic carboxylic acids is 1. The third kappa shape index (κ3) is 4.58. The Kier molecular flexibility index (Phi) is 4.77. The van der Waals surface area contributed by atoms with Gasteiger partial charge in [0.15, 0.2) is 0 Å². The molecule has 0 saturated carbocycles. The third-order valence-corrected chi connectivity index (χ3v) is 3.41. The summed E-state index contributed by atoms with van der Waals surface area (Å²) in [4.78, 5) is 24.5. The first-order valence-corrected chi connectivity index (χ1v) is 7.43. The Labute approximate surface area is 134 Å². The number of carboxylic acid groups (broad SMARTS) is 1. The van der Waals surface area contributed by atoms with E-state index in [1.807, 2.05) is 0 Å². The molecule has 1 aromatic carbocycles. The first kappa shape index (κ1) is 17.1. The Bertz CT molecular complexity index is 613. The zero-order valence-electron chi connectivity index (χ0n) is 13.4. The molecule has 1 saturated heterocycles. The van der Waals surface area contributed by atoms with Crippen molar-refractivity contribution in [1.29, 1.82) is 0 Å². The number of hydrogen-bond acceptors (Lipinski definition) is 4. The van der Waals surface area contributed by atoms with Crippen LogP contribution in [-0.4, -0.2) is 46.8 Å². The molecule has 0 radical (unpaired) electrons. The quantitative estimate of drug-likeness (QED) is 0.894. The van der Waals surface area contributed by atoms with Crippen molar-refractivity contribution in [3.63, 3.8) is 0 Å². The van der Waals surface area contributed by atoms with E-state index in [9.17, 15) is 14.0 Å². The molecule has 2 N–H and O–H groups in total. The summed E-state index contributed by atoms with van der Waals surface area (Å²) in [6.45, 7) is 6.27. The van der Waals surface area contributed by atoms with Crippen molar-refractivity contribution in [3.05, 3.63) is 29.6 Å². The predicted octanol–water partition coefficient (Wildman–Crippen LogP) is 2.95. The van der Waals surface area contributed by atoms with Crippen molar-refractivity contribution in [1.82, 2.24) is 4.90 Å². The summed E-state index contributed by atoms with van der Waals surface area (Å²) in [5.41, 5.74) is -0.429. The van der Waals surface area contributed by atoms with Gasteiger partial charge >= 0.3 is 12.1 Å². The van der Waals surface area contributed by atoms with Crippen LogP contribution >= 0.6 is 0 Å². The van der Waals surface area contributed by atoms with Gasteiger partial charge in [-0.15, -0.1) is 0 Å². The standard InChI is InChI=1S/C16H21FN2O4/c1-16(2,3)23-15(22)19-7-6-11(9-19)18-13-8-10(14(20)21)4-5-12(13)17/h4-5,8,11,18H,6-7,9H2,1-3H3,(H,20,21). The molecule has 0 aliphatic carbocycles. The topological polar surface area (TPSA) is 78.9 Å². The molecule has 1 amide bonds. The number of halogens is 1. The molecule has 0 aromatic heterocycles. The monoisotopic (exact) mass is 324 g/mol. The zero-order valence-corrected chi connectivity index (χ0v) is 13.4. The average Bonchev–Trinajstić information content (AvgIpc) is 2.88. The lowest BCUT2D eigenvalue weighted by molar-refractivity contribution is 0.0293. The number of nitrogens with zero attached hydrogens (tertiary/aromatic N) is 1. The highest BCUT2D eigenvalue weighted by atomic mass is 19.1. The Morgan fingerprint density at radius 1 is 1.39 bits per heavy atom. The number of carbonyl (C=O) groups excluding carboxylic acids is 1. The van der Waals surface area contributed by atoms with Crippen LogP contribution in [0.4, 0.5) is 14.9 Å². The fourth-order valence-corrected chi connectivity index (χ4v) is 2.36. The molecule has 1 aliphatic rings. The van der Waals surface area contributed by atoms with Crippen LogP contribution in [0.15, 0.2) is 18.2 Å². The van der Waals surface area contributed by atoms with Crippen molar-refractivity contribution in [3.8, 4) is 0 Å². The smallest absolute Gasteiger partial charge is 0.410 e. The van der Waals surface area contributed by atoms with Gasteiger partial charge in [0.1, 0.15) is 11.4 Å². The molecule has 126 valence electrons. The van der Waals surface area contributed by atoms with Gasteiger partial charge in [-0.05, 0) is 45.4 Å². The van der Waals surface area contributed by atoms with Gasteiger partial charge in [0.25, 0.3) is 0 Å². The summed E-state index contributed by atoms with van der Waals surface area (Å²) in [5, 5.41) is 11.9. The number of amides is 1. The molecular formula is C16H21FN2O4. The van der Waals surface area contributed by atoms with Crippen LogP contribution < -0.4 is 5.32 Å². The molecule has 1 aromatic rings. The number of ether oxygens (including phenoxy) is 1. The van der Waals surface area contributed by atoms with E-state index in [4.69, 9.17) is 9.84 Å². The summed E-state index contributed by atoms with van der Waals surface area (Å²) in [6, 6.07) is 3.44. The first-order chi connectivity index (χ1) is 10.7. The highest BCUT2D eigenvalue weighted by Gasteiger charge is 2.30. The average molecular weight is 324 g/mol. The number of rotatable bonds is 3. The van der Waals surface area contributed by atoms with E-state index in [0.717, 1.165) is 6.07 Å². The number of nitrogens with one attached hydrogen (secondary N) is 1. The number of likely N-dealkylation sites (tertiary alicyclic amines) is 1. The third-order valence-electron chi connectivity index (χ3n) is 3.41. The van der Waals surface area contributed by atoms with Crippen LogP contribution in [-0.2, 0) is 4.74 Å². The Morgan fingerprint density at radius 3 is 2.70 bits per heavy atom. The minimum Gasteiger partial charge on any atom is -0.478 e. The summed E-state index contributed by atoms with van der Waals surface area (Å²) in [7, 11) is 0. The number of benzene rings is 1. The van der Waals surface area contributed by atoms with E-state index in [1.165, 1.54) is 12.1 Å². The molecular weight excluding hydrogens is 303 g/mol. The van der Waals surface area contributed by atoms with Crippen LogP contribution in [0.2, 0.25) is 0 Å². The molecule has 2 rings (SSSR count). The van der Waals surface area contributed by atoms with Crippen LogP contribution in [0.25, 0.3) is 0 Å². The maximum atomic E-state index is 13.8. The second-order valence-corrected chi connectivity index (χ2v) is 6.56. The Hall–Kier alpha value is -2.31. The summed E-state index contributed by atoms with van der Waals surface area (Å²) in [5.74, 6) is -1.64. The summed E-state index contributed by atoms with van der Waals surface area (Å²) < 4.78 is 19.1. The van der Waals surface area contributed by atoms with E-state index < -0.39 is 23.5 Å². The number of anilines is 1. The SMILES string of the molecule is CC(C)(C)OC(=O)N1CCC(Nc2cc(C(=O)O)ccc2F)C1. The number of carboxylic acids is 1. The molecule has 1 aliphatic heterocycles. The lowest BCUT2D eigenvalue weighted by Gasteiger charge is -2.24. The zero-order chi connectivity index (χ0) is 17.2. The van der Waals surface area contributed by atoms with Crippen molar-refractivity contribution < 1.29 is 23.8 Å². The Morgan fingerprint density at radius 2 is 2.09 bits per heavy atom. The summed E-state index contributed by atoms with van der Waals surface area (Å²) in [6.07, 6.45) is 0.234. The number of carbonyl (C=O) groups is 2. The highest BCUT2D eigenvalue weighted by molar-refractivity contribution is 5.88. The van der Waals surface area contributed by atoms with Crippen molar-refractivity contribution >= 4 is 17.7 Å².